The normalized spacial score (nSPS) is 17.0. The first-order valence-electron chi connectivity index (χ1n) is 5.77. The number of thiazole rings is 1. The van der Waals surface area contributed by atoms with E-state index < -0.39 is 0 Å². The van der Waals surface area contributed by atoms with E-state index in [0.717, 1.165) is 16.2 Å². The summed E-state index contributed by atoms with van der Waals surface area (Å²) >= 11 is 5.67. The number of nitrogens with one attached hydrogen (secondary N) is 1. The Morgan fingerprint density at radius 1 is 1.43 bits per heavy atom. The van der Waals surface area contributed by atoms with Crippen molar-refractivity contribution in [2.75, 3.05) is 4.90 Å². The number of amides is 1. The van der Waals surface area contributed by atoms with Gasteiger partial charge in [0.25, 0.3) is 5.91 Å². The van der Waals surface area contributed by atoms with E-state index in [1.165, 1.54) is 16.2 Å². The fourth-order valence-corrected chi connectivity index (χ4v) is 3.68. The first-order chi connectivity index (χ1) is 10.1. The quantitative estimate of drug-likeness (QED) is 0.777. The molecule has 0 bridgehead atoms. The zero-order chi connectivity index (χ0) is 15.0. The molecule has 0 atom stereocenters. The highest BCUT2D eigenvalue weighted by atomic mass is 79.9. The molecule has 0 spiro atoms. The van der Waals surface area contributed by atoms with Crippen LogP contribution < -0.4 is 4.90 Å². The smallest absolute Gasteiger partial charge is 0.273 e. The number of aromatic nitrogens is 1. The van der Waals surface area contributed by atoms with Gasteiger partial charge < -0.3 is 5.11 Å². The van der Waals surface area contributed by atoms with E-state index >= 15 is 0 Å². The molecule has 5 nitrogen and oxygen atoms in total. The van der Waals surface area contributed by atoms with Crippen molar-refractivity contribution in [2.45, 2.75) is 0 Å². The van der Waals surface area contributed by atoms with Crippen molar-refractivity contribution in [2.24, 2.45) is 0 Å². The predicted molar refractivity (Wildman–Crippen MR) is 88.7 cm³/mol. The van der Waals surface area contributed by atoms with Gasteiger partial charge in [0.2, 0.25) is 0 Å². The van der Waals surface area contributed by atoms with Crippen molar-refractivity contribution >= 4 is 61.3 Å². The molecule has 1 fully saturated rings. The number of phenols is 1. The van der Waals surface area contributed by atoms with Gasteiger partial charge in [-0.2, -0.15) is 0 Å². The fraction of sp³-hybridized carbons (Fsp3) is 0. The monoisotopic (exact) mass is 381 g/mol. The van der Waals surface area contributed by atoms with Gasteiger partial charge in [-0.15, -0.1) is 11.3 Å². The van der Waals surface area contributed by atoms with Crippen LogP contribution in [0.15, 0.2) is 39.2 Å². The van der Waals surface area contributed by atoms with E-state index in [1.807, 2.05) is 0 Å². The molecule has 2 heterocycles. The lowest BCUT2D eigenvalue weighted by molar-refractivity contribution is -0.113. The Bertz CT molecular complexity index is 759. The predicted octanol–water partition coefficient (Wildman–Crippen LogP) is 3.67. The zero-order valence-corrected chi connectivity index (χ0v) is 13.6. The third-order valence-corrected chi connectivity index (χ3v) is 4.85. The number of phenolic OH excluding ortho intramolecular Hbond substituents is 1. The number of carbonyl (C=O) groups excluding carboxylic acids is 1. The van der Waals surface area contributed by atoms with Gasteiger partial charge in [0.05, 0.1) is 4.91 Å². The van der Waals surface area contributed by atoms with Gasteiger partial charge in [-0.1, -0.05) is 15.9 Å². The van der Waals surface area contributed by atoms with E-state index in [0.29, 0.717) is 15.6 Å². The van der Waals surface area contributed by atoms with Gasteiger partial charge >= 0.3 is 0 Å². The van der Waals surface area contributed by atoms with Crippen LogP contribution in [0.25, 0.3) is 6.08 Å². The SMILES string of the molecule is N=C1S/C(=C\c2cc(Br)ccc2O)C(=O)N1c1nccs1. The number of thioether (sulfide) groups is 1. The summed E-state index contributed by atoms with van der Waals surface area (Å²) in [6.45, 7) is 0. The van der Waals surface area contributed by atoms with E-state index in [2.05, 4.69) is 20.9 Å². The Balaban J connectivity index is 1.97. The molecule has 3 rings (SSSR count). The number of rotatable bonds is 2. The van der Waals surface area contributed by atoms with Crippen LogP contribution in [0.4, 0.5) is 5.13 Å². The third kappa shape index (κ3) is 2.74. The van der Waals surface area contributed by atoms with Gasteiger partial charge in [-0.05, 0) is 36.0 Å². The number of aromatic hydroxyl groups is 1. The number of carbonyl (C=O) groups is 1. The molecule has 21 heavy (non-hydrogen) atoms. The van der Waals surface area contributed by atoms with Gasteiger partial charge in [0, 0.05) is 21.6 Å². The Morgan fingerprint density at radius 2 is 2.24 bits per heavy atom. The van der Waals surface area contributed by atoms with Gasteiger partial charge in [-0.3, -0.25) is 10.2 Å². The van der Waals surface area contributed by atoms with Crippen LogP contribution in [0.5, 0.6) is 5.75 Å². The summed E-state index contributed by atoms with van der Waals surface area (Å²) in [5.41, 5.74) is 0.522. The maximum atomic E-state index is 12.4. The van der Waals surface area contributed by atoms with Crippen molar-refractivity contribution in [1.82, 2.24) is 4.98 Å². The zero-order valence-electron chi connectivity index (χ0n) is 10.4. The minimum atomic E-state index is -0.306. The maximum Gasteiger partial charge on any atom is 0.273 e. The van der Waals surface area contributed by atoms with Crippen LogP contribution in [0, 0.1) is 5.41 Å². The molecule has 8 heteroatoms. The average Bonchev–Trinajstić information content (AvgIpc) is 3.03. The van der Waals surface area contributed by atoms with Crippen LogP contribution in [-0.4, -0.2) is 21.2 Å². The average molecular weight is 382 g/mol. The van der Waals surface area contributed by atoms with Crippen molar-refractivity contribution in [3.8, 4) is 5.75 Å². The fourth-order valence-electron chi connectivity index (χ4n) is 1.77. The lowest BCUT2D eigenvalue weighted by Crippen LogP contribution is -2.27. The Labute approximate surface area is 137 Å². The highest BCUT2D eigenvalue weighted by Gasteiger charge is 2.35. The van der Waals surface area contributed by atoms with E-state index in [4.69, 9.17) is 5.41 Å². The van der Waals surface area contributed by atoms with Crippen LogP contribution in [0.3, 0.4) is 0 Å². The highest BCUT2D eigenvalue weighted by Crippen LogP contribution is 2.37. The third-order valence-electron chi connectivity index (χ3n) is 2.71. The molecule has 1 aromatic carbocycles. The topological polar surface area (TPSA) is 77.3 Å². The Morgan fingerprint density at radius 3 is 2.95 bits per heavy atom. The van der Waals surface area contributed by atoms with Crippen LogP contribution in [0.1, 0.15) is 5.56 Å². The largest absolute Gasteiger partial charge is 0.507 e. The number of halogens is 1. The minimum Gasteiger partial charge on any atom is -0.507 e. The molecule has 1 saturated heterocycles. The number of anilines is 1. The summed E-state index contributed by atoms with van der Waals surface area (Å²) in [6.07, 6.45) is 3.17. The molecular weight excluding hydrogens is 374 g/mol. The second kappa shape index (κ2) is 5.63. The van der Waals surface area contributed by atoms with Gasteiger partial charge in [0.1, 0.15) is 5.75 Å². The van der Waals surface area contributed by atoms with Crippen molar-refractivity contribution in [3.63, 3.8) is 0 Å². The second-order valence-corrected chi connectivity index (χ2v) is 6.89. The molecule has 0 radical (unpaired) electrons. The minimum absolute atomic E-state index is 0.0818. The summed E-state index contributed by atoms with van der Waals surface area (Å²) < 4.78 is 0.800. The number of hydrogen-bond donors (Lipinski definition) is 2. The van der Waals surface area contributed by atoms with Crippen molar-refractivity contribution < 1.29 is 9.90 Å². The van der Waals surface area contributed by atoms with Crippen LogP contribution in [0.2, 0.25) is 0 Å². The molecule has 2 aromatic rings. The van der Waals surface area contributed by atoms with Gasteiger partial charge in [-0.25, -0.2) is 9.88 Å². The molecule has 0 aliphatic carbocycles. The van der Waals surface area contributed by atoms with Crippen molar-refractivity contribution in [3.05, 3.63) is 44.7 Å². The molecule has 0 unspecified atom stereocenters. The molecule has 0 saturated carbocycles. The summed E-state index contributed by atoms with van der Waals surface area (Å²) in [6, 6.07) is 4.97. The second-order valence-electron chi connectivity index (χ2n) is 4.07. The Hall–Kier alpha value is -1.64. The first kappa shape index (κ1) is 14.3. The summed E-state index contributed by atoms with van der Waals surface area (Å²) in [5.74, 6) is -0.224. The number of hydrogen-bond acceptors (Lipinski definition) is 6. The number of amidine groups is 1. The summed E-state index contributed by atoms with van der Waals surface area (Å²) in [4.78, 5) is 18.1. The summed E-state index contributed by atoms with van der Waals surface area (Å²) in [7, 11) is 0. The van der Waals surface area contributed by atoms with E-state index in [1.54, 1.807) is 35.9 Å². The van der Waals surface area contributed by atoms with Crippen molar-refractivity contribution in [1.29, 1.82) is 5.41 Å². The molecule has 1 amide bonds. The first-order valence-corrected chi connectivity index (χ1v) is 8.26. The lowest BCUT2D eigenvalue weighted by Gasteiger charge is -2.09. The maximum absolute atomic E-state index is 12.4. The molecule has 1 aromatic heterocycles. The highest BCUT2D eigenvalue weighted by molar-refractivity contribution is 9.10. The van der Waals surface area contributed by atoms with Crippen LogP contribution in [-0.2, 0) is 4.79 Å². The number of nitrogens with zero attached hydrogens (tertiary/aromatic N) is 2. The number of benzene rings is 1. The van der Waals surface area contributed by atoms with Crippen LogP contribution >= 0.6 is 39.0 Å². The van der Waals surface area contributed by atoms with E-state index in [9.17, 15) is 9.90 Å². The molecule has 1 aliphatic rings. The van der Waals surface area contributed by atoms with Gasteiger partial charge in [0.15, 0.2) is 10.3 Å². The summed E-state index contributed by atoms with van der Waals surface area (Å²) in [5, 5.41) is 20.1. The molecule has 1 aliphatic heterocycles. The molecule has 106 valence electrons. The molecule has 2 N–H and O–H groups in total. The molecular formula is C13H8BrN3O2S2. The van der Waals surface area contributed by atoms with E-state index in [-0.39, 0.29) is 16.8 Å². The Kier molecular flexibility index (Phi) is 3.83. The standard InChI is InChI=1S/C13H8BrN3O2S2/c14-8-1-2-9(18)7(5-8)6-10-11(19)17(12(15)21-10)13-16-3-4-20-13/h1-6,15,18H/b10-6-,15-12?. The lowest BCUT2D eigenvalue weighted by atomic mass is 10.2.